The highest BCUT2D eigenvalue weighted by Crippen LogP contribution is 2.45. The highest BCUT2D eigenvalue weighted by Gasteiger charge is 2.57. The van der Waals surface area contributed by atoms with Crippen LogP contribution in [0.25, 0.3) is 12.0 Å². The average Bonchev–Trinajstić information content (AvgIpc) is 3.80. The Morgan fingerprint density at radius 1 is 1.05 bits per heavy atom. The van der Waals surface area contributed by atoms with Crippen LogP contribution in [0.2, 0.25) is 0 Å². The maximum Gasteiger partial charge on any atom is 0.408 e. The lowest BCUT2D eigenvalue weighted by Gasteiger charge is -2.47. The minimum absolute atomic E-state index is 0.0113. The molecule has 2 aromatic rings. The zero-order chi connectivity index (χ0) is 43.4. The van der Waals surface area contributed by atoms with Gasteiger partial charge in [-0.2, -0.15) is 0 Å². The number of cyclic esters (lactones) is 1. The highest BCUT2D eigenvalue weighted by molar-refractivity contribution is 6.00. The van der Waals surface area contributed by atoms with E-state index in [0.29, 0.717) is 18.1 Å². The van der Waals surface area contributed by atoms with Crippen LogP contribution in [0.5, 0.6) is 0 Å². The van der Waals surface area contributed by atoms with Gasteiger partial charge in [0.15, 0.2) is 12.1 Å². The van der Waals surface area contributed by atoms with Crippen LogP contribution in [0, 0.1) is 29.6 Å². The SMILES string of the molecule is CC[C@H]1OC(=O)[C@H](C)C(=O)[C@H](C)[C@@H](OC2O[C@H](C)C[C@H](N(C)C)[C@H]2O)[C@](C)(OC(=O)NC/C=C/c2cn(-c3ncccn3)cn2)C[C@@H](C)C(=O)C(C)C2CC(=O)O[C@@]21C. The predicted molar refractivity (Wildman–Crippen MR) is 212 cm³/mol. The Balaban J connectivity index is 1.49. The number of nitrogens with zero attached hydrogens (tertiary/aromatic N) is 5. The molecule has 3 aliphatic heterocycles. The fourth-order valence-corrected chi connectivity index (χ4v) is 8.92. The van der Waals surface area contributed by atoms with Gasteiger partial charge in [0.2, 0.25) is 5.95 Å². The lowest BCUT2D eigenvalue weighted by atomic mass is 9.70. The summed E-state index contributed by atoms with van der Waals surface area (Å²) in [5, 5.41) is 14.3. The zero-order valence-corrected chi connectivity index (χ0v) is 35.7. The van der Waals surface area contributed by atoms with Crippen molar-refractivity contribution in [3.05, 3.63) is 42.8 Å². The molecule has 13 atom stereocenters. The average molecular weight is 825 g/mol. The second-order valence-electron chi connectivity index (χ2n) is 16.9. The van der Waals surface area contributed by atoms with Crippen molar-refractivity contribution < 1.29 is 52.8 Å². The van der Waals surface area contributed by atoms with Crippen LogP contribution in [-0.2, 0) is 42.9 Å². The van der Waals surface area contributed by atoms with Crippen molar-refractivity contribution in [3.8, 4) is 5.95 Å². The third-order valence-electron chi connectivity index (χ3n) is 12.2. The number of aromatic nitrogens is 4. The molecule has 0 saturated carbocycles. The van der Waals surface area contributed by atoms with Gasteiger partial charge in [0.05, 0.1) is 18.2 Å². The lowest BCUT2D eigenvalue weighted by molar-refractivity contribution is -0.292. The first kappa shape index (κ1) is 45.5. The summed E-state index contributed by atoms with van der Waals surface area (Å²) in [5.74, 6) is -6.49. The maximum absolute atomic E-state index is 14.5. The first-order chi connectivity index (χ1) is 27.8. The minimum atomic E-state index is -1.74. The van der Waals surface area contributed by atoms with Crippen LogP contribution in [0.4, 0.5) is 4.79 Å². The van der Waals surface area contributed by atoms with Gasteiger partial charge in [-0.1, -0.05) is 33.8 Å². The summed E-state index contributed by atoms with van der Waals surface area (Å²) in [7, 11) is 3.65. The molecule has 5 rings (SSSR count). The molecule has 2 N–H and O–H groups in total. The monoisotopic (exact) mass is 824 g/mol. The van der Waals surface area contributed by atoms with Crippen LogP contribution < -0.4 is 5.32 Å². The molecule has 3 unspecified atom stereocenters. The molecular formula is C42H60N6O11. The van der Waals surface area contributed by atoms with Crippen molar-refractivity contribution in [2.75, 3.05) is 20.6 Å². The number of nitrogens with one attached hydrogen (secondary N) is 1. The summed E-state index contributed by atoms with van der Waals surface area (Å²) in [6, 6.07) is 1.33. The standard InChI is InChI=1S/C42H60N6O11/c1-11-31-42(8)29(19-32(49)58-42)25(4)33(50)23(2)20-41(7,59-40(54)45-15-12-14-28-21-48(22-46-28)39-43-16-13-17-44-39)36(26(5)34(51)27(6)37(53)56-31)57-38-35(52)30(47(9)10)18-24(3)55-38/h12-14,16-17,21-27,29-31,35-36,38,52H,11,15,18-20H2,1-10H3,(H,45,54)/b14-12+/t23-,24-,25?,26+,27-,29?,30+,31-,35-,36-,38?,41-,42+/m1/s1. The first-order valence-electron chi connectivity index (χ1n) is 20.4. The number of carbonyl (C=O) groups is 5. The summed E-state index contributed by atoms with van der Waals surface area (Å²) in [6.07, 6.45) is 4.43. The molecule has 3 saturated heterocycles. The number of amides is 1. The highest BCUT2D eigenvalue weighted by atomic mass is 16.7. The van der Waals surface area contributed by atoms with Gasteiger partial charge < -0.3 is 39.0 Å². The van der Waals surface area contributed by atoms with E-state index in [4.69, 9.17) is 23.7 Å². The van der Waals surface area contributed by atoms with E-state index in [1.807, 2.05) is 25.9 Å². The second-order valence-corrected chi connectivity index (χ2v) is 16.9. The smallest absolute Gasteiger partial charge is 0.408 e. The van der Waals surface area contributed by atoms with Crippen LogP contribution in [0.3, 0.4) is 0 Å². The van der Waals surface area contributed by atoms with E-state index in [2.05, 4.69) is 20.3 Å². The van der Waals surface area contributed by atoms with Crippen molar-refractivity contribution >= 4 is 35.7 Å². The third kappa shape index (κ3) is 10.1. The van der Waals surface area contributed by atoms with Crippen molar-refractivity contribution in [1.29, 1.82) is 0 Å². The van der Waals surface area contributed by atoms with E-state index in [9.17, 15) is 29.1 Å². The van der Waals surface area contributed by atoms with Gasteiger partial charge in [-0.05, 0) is 73.2 Å². The van der Waals surface area contributed by atoms with E-state index in [0.717, 1.165) is 0 Å². The Kier molecular flexibility index (Phi) is 14.5. The Morgan fingerprint density at radius 3 is 2.41 bits per heavy atom. The van der Waals surface area contributed by atoms with Gasteiger partial charge in [0.1, 0.15) is 47.5 Å². The number of alkyl carbamates (subject to hydrolysis) is 1. The number of carbonyl (C=O) groups excluding carboxylic acids is 5. The molecule has 2 aromatic heterocycles. The number of fused-ring (bicyclic) bond motifs is 1. The fourth-order valence-electron chi connectivity index (χ4n) is 8.92. The van der Waals surface area contributed by atoms with Crippen LogP contribution in [-0.4, -0.2) is 128 Å². The fraction of sp³-hybridized carbons (Fsp3) is 0.667. The summed E-state index contributed by atoms with van der Waals surface area (Å²) < 4.78 is 32.4. The lowest BCUT2D eigenvalue weighted by Crippen LogP contribution is -2.60. The summed E-state index contributed by atoms with van der Waals surface area (Å²) in [6.45, 7) is 13.3. The van der Waals surface area contributed by atoms with Crippen molar-refractivity contribution in [3.63, 3.8) is 0 Å². The molecule has 1 amide bonds. The van der Waals surface area contributed by atoms with Crippen LogP contribution >= 0.6 is 0 Å². The minimum Gasteiger partial charge on any atom is -0.458 e. The Hall–Kier alpha value is -4.58. The molecule has 0 bridgehead atoms. The van der Waals surface area contributed by atoms with E-state index >= 15 is 0 Å². The second kappa shape index (κ2) is 18.8. The number of imidazole rings is 1. The van der Waals surface area contributed by atoms with Gasteiger partial charge in [-0.25, -0.2) is 19.7 Å². The van der Waals surface area contributed by atoms with Crippen LogP contribution in [0.1, 0.15) is 86.8 Å². The molecule has 17 heteroatoms. The predicted octanol–water partition coefficient (Wildman–Crippen LogP) is 3.70. The third-order valence-corrected chi connectivity index (χ3v) is 12.2. The molecule has 3 fully saturated rings. The van der Waals surface area contributed by atoms with Gasteiger partial charge in [-0.3, -0.25) is 23.7 Å². The van der Waals surface area contributed by atoms with Crippen molar-refractivity contribution in [2.24, 2.45) is 29.6 Å². The van der Waals surface area contributed by atoms with E-state index in [-0.39, 0.29) is 43.7 Å². The van der Waals surface area contributed by atoms with Gasteiger partial charge in [-0.15, -0.1) is 0 Å². The topological polar surface area (TPSA) is 211 Å². The first-order valence-corrected chi connectivity index (χ1v) is 20.4. The number of aliphatic hydroxyl groups excluding tert-OH is 1. The zero-order valence-electron chi connectivity index (χ0n) is 35.7. The number of rotatable bonds is 9. The van der Waals surface area contributed by atoms with Crippen LogP contribution in [0.15, 0.2) is 37.1 Å². The normalized spacial score (nSPS) is 36.2. The van der Waals surface area contributed by atoms with E-state index in [1.54, 1.807) is 89.2 Å². The molecule has 0 radical (unpaired) electrons. The number of hydrogen-bond donors (Lipinski definition) is 2. The summed E-state index contributed by atoms with van der Waals surface area (Å²) in [5.41, 5.74) is -2.50. The number of Topliss-reactive ketones (excluding diaryl/α,β-unsaturated/α-hetero) is 2. The Bertz CT molecular complexity index is 1860. The Labute approximate surface area is 345 Å². The molecule has 17 nitrogen and oxygen atoms in total. The number of ketones is 2. The molecule has 5 heterocycles. The molecule has 0 aliphatic carbocycles. The number of esters is 2. The molecule has 59 heavy (non-hydrogen) atoms. The number of aliphatic hydroxyl groups is 1. The molecule has 0 aromatic carbocycles. The van der Waals surface area contributed by atoms with Crippen molar-refractivity contribution in [1.82, 2.24) is 29.7 Å². The van der Waals surface area contributed by atoms with E-state index < -0.39 is 89.2 Å². The molecule has 3 aliphatic rings. The number of ether oxygens (including phenoxy) is 5. The van der Waals surface area contributed by atoms with E-state index in [1.165, 1.54) is 6.92 Å². The summed E-state index contributed by atoms with van der Waals surface area (Å²) >= 11 is 0. The van der Waals surface area contributed by atoms with Gasteiger partial charge in [0.25, 0.3) is 0 Å². The quantitative estimate of drug-likeness (QED) is 0.210. The number of likely N-dealkylation sites (N-methyl/N-ethyl adjacent to an activating group) is 1. The number of hydrogen-bond acceptors (Lipinski definition) is 15. The Morgan fingerprint density at radius 2 is 1.75 bits per heavy atom. The summed E-state index contributed by atoms with van der Waals surface area (Å²) in [4.78, 5) is 83.9. The molecule has 0 spiro atoms. The van der Waals surface area contributed by atoms with Crippen molar-refractivity contribution in [2.45, 2.75) is 129 Å². The largest absolute Gasteiger partial charge is 0.458 e. The maximum atomic E-state index is 14.5. The van der Waals surface area contributed by atoms with Gasteiger partial charge >= 0.3 is 18.0 Å². The van der Waals surface area contributed by atoms with Gasteiger partial charge in [0, 0.05) is 54.8 Å². The molecular weight excluding hydrogens is 764 g/mol. The molecule has 324 valence electrons.